The number of rotatable bonds is 6. The van der Waals surface area contributed by atoms with Crippen LogP contribution in [-0.4, -0.2) is 100 Å². The van der Waals surface area contributed by atoms with Crippen LogP contribution in [0.15, 0.2) is 24.3 Å². The average molecular weight is 629 g/mol. The third-order valence-corrected chi connectivity index (χ3v) is 10.7. The van der Waals surface area contributed by atoms with Crippen molar-refractivity contribution in [3.05, 3.63) is 34.9 Å². The zero-order valence-corrected chi connectivity index (χ0v) is 28.4. The van der Waals surface area contributed by atoms with Gasteiger partial charge in [-0.3, -0.25) is 19.3 Å². The number of morpholine rings is 1. The van der Waals surface area contributed by atoms with Gasteiger partial charge in [0.15, 0.2) is 0 Å². The molecule has 4 fully saturated rings. The highest BCUT2D eigenvalue weighted by Crippen LogP contribution is 2.44. The van der Waals surface area contributed by atoms with E-state index in [0.29, 0.717) is 50.2 Å². The number of halogens is 1. The van der Waals surface area contributed by atoms with E-state index in [-0.39, 0.29) is 53.2 Å². The fourth-order valence-electron chi connectivity index (χ4n) is 8.05. The molecule has 4 atom stereocenters. The van der Waals surface area contributed by atoms with Crippen LogP contribution in [0, 0.1) is 17.8 Å². The predicted molar refractivity (Wildman–Crippen MR) is 173 cm³/mol. The molecule has 3 heterocycles. The Bertz CT molecular complexity index is 1170. The predicted octanol–water partition coefficient (Wildman–Crippen LogP) is 5.39. The fraction of sp³-hybridized carbons (Fsp3) is 0.743. The highest BCUT2D eigenvalue weighted by Gasteiger charge is 2.51. The van der Waals surface area contributed by atoms with Gasteiger partial charge in [0.2, 0.25) is 17.7 Å². The lowest BCUT2D eigenvalue weighted by atomic mass is 9.85. The van der Waals surface area contributed by atoms with E-state index in [4.69, 9.17) is 16.3 Å². The maximum absolute atomic E-state index is 14.8. The van der Waals surface area contributed by atoms with Gasteiger partial charge in [-0.05, 0) is 82.9 Å². The van der Waals surface area contributed by atoms with Crippen molar-refractivity contribution in [3.63, 3.8) is 0 Å². The minimum absolute atomic E-state index is 0.00733. The maximum atomic E-state index is 14.8. The van der Waals surface area contributed by atoms with Gasteiger partial charge in [-0.15, -0.1) is 0 Å². The zero-order chi connectivity index (χ0) is 31.8. The average Bonchev–Trinajstić information content (AvgIpc) is 3.64. The Morgan fingerprint density at radius 3 is 2.14 bits per heavy atom. The van der Waals surface area contributed by atoms with Crippen molar-refractivity contribution < 1.29 is 19.1 Å². The molecule has 0 radical (unpaired) electrons. The summed E-state index contributed by atoms with van der Waals surface area (Å²) in [6.07, 6.45) is 5.38. The third-order valence-electron chi connectivity index (χ3n) is 10.5. The summed E-state index contributed by atoms with van der Waals surface area (Å²) in [5, 5.41) is 0.669. The van der Waals surface area contributed by atoms with Crippen LogP contribution in [0.1, 0.15) is 91.7 Å². The summed E-state index contributed by atoms with van der Waals surface area (Å²) >= 11 is 6.27. The molecule has 5 rings (SSSR count). The van der Waals surface area contributed by atoms with Crippen molar-refractivity contribution in [3.8, 4) is 0 Å². The Morgan fingerprint density at radius 1 is 0.909 bits per heavy atom. The first-order valence-corrected chi connectivity index (χ1v) is 17.3. The molecule has 0 N–H and O–H groups in total. The lowest BCUT2D eigenvalue weighted by molar-refractivity contribution is -0.149. The van der Waals surface area contributed by atoms with E-state index in [2.05, 4.69) is 37.5 Å². The minimum Gasteiger partial charge on any atom is -0.378 e. The van der Waals surface area contributed by atoms with Gasteiger partial charge < -0.3 is 19.4 Å². The third kappa shape index (κ3) is 6.97. The van der Waals surface area contributed by atoms with Crippen LogP contribution >= 0.6 is 11.6 Å². The molecule has 1 aromatic carbocycles. The first-order valence-electron chi connectivity index (χ1n) is 16.9. The normalized spacial score (nSPS) is 30.2. The standard InChI is InChI=1S/C35H53ClN4O4/c1-23(2)32(41)40(27-13-7-24(3)8-14-27)28-21-30(34(43)37-17-19-44-20-18-37)38(22-28)33(42)29-15-16-39(35(4,5)6)31(29)25-9-11-26(36)12-10-25/h9-12,23-24,27-31H,7-8,13-22H2,1-6H3/t24?,27?,28-,29+,30-,31-/m0/s1. The van der Waals surface area contributed by atoms with Gasteiger partial charge in [0, 0.05) is 54.7 Å². The van der Waals surface area contributed by atoms with E-state index in [1.165, 1.54) is 0 Å². The first-order chi connectivity index (χ1) is 20.9. The first kappa shape index (κ1) is 33.2. The molecule has 3 aliphatic heterocycles. The lowest BCUT2D eigenvalue weighted by Crippen LogP contribution is -2.53. The molecule has 1 aliphatic carbocycles. The Kier molecular flexibility index (Phi) is 10.3. The highest BCUT2D eigenvalue weighted by molar-refractivity contribution is 6.30. The van der Waals surface area contributed by atoms with Gasteiger partial charge in [-0.25, -0.2) is 0 Å². The summed E-state index contributed by atoms with van der Waals surface area (Å²) in [5.41, 5.74) is 0.925. The van der Waals surface area contributed by atoms with Gasteiger partial charge in [0.1, 0.15) is 6.04 Å². The van der Waals surface area contributed by atoms with Crippen molar-refractivity contribution in [1.82, 2.24) is 19.6 Å². The largest absolute Gasteiger partial charge is 0.378 e. The molecule has 1 aromatic rings. The van der Waals surface area contributed by atoms with Gasteiger partial charge in [-0.2, -0.15) is 0 Å². The molecule has 3 saturated heterocycles. The Labute approximate surface area is 269 Å². The summed E-state index contributed by atoms with van der Waals surface area (Å²) in [6, 6.07) is 7.16. The number of ether oxygens (including phenoxy) is 1. The maximum Gasteiger partial charge on any atom is 0.245 e. The minimum atomic E-state index is -0.579. The van der Waals surface area contributed by atoms with Crippen LogP contribution in [0.3, 0.4) is 0 Å². The number of nitrogens with zero attached hydrogens (tertiary/aromatic N) is 4. The van der Waals surface area contributed by atoms with Crippen LogP contribution in [0.4, 0.5) is 0 Å². The van der Waals surface area contributed by atoms with E-state index < -0.39 is 6.04 Å². The van der Waals surface area contributed by atoms with Gasteiger partial charge in [0.05, 0.1) is 25.2 Å². The van der Waals surface area contributed by atoms with E-state index >= 15 is 0 Å². The molecule has 8 nitrogen and oxygen atoms in total. The SMILES string of the molecule is CC1CCC(N(C(=O)C(C)C)[C@H]2C[C@@H](C(=O)N3CCOCC3)N(C(=O)[C@@H]3CCN(C(C)(C)C)[C@H]3c3ccc(Cl)cc3)C2)CC1. The fourth-order valence-corrected chi connectivity index (χ4v) is 8.18. The molecular formula is C35H53ClN4O4. The quantitative estimate of drug-likeness (QED) is 0.422. The topological polar surface area (TPSA) is 73.4 Å². The van der Waals surface area contributed by atoms with E-state index in [0.717, 1.165) is 44.2 Å². The number of likely N-dealkylation sites (tertiary alicyclic amines) is 2. The zero-order valence-electron chi connectivity index (χ0n) is 27.6. The second-order valence-electron chi connectivity index (χ2n) is 14.9. The van der Waals surface area contributed by atoms with E-state index in [1.807, 2.05) is 47.9 Å². The Hall–Kier alpha value is -2.16. The summed E-state index contributed by atoms with van der Waals surface area (Å²) in [4.78, 5) is 51.1. The molecule has 0 aromatic heterocycles. The molecule has 1 saturated carbocycles. The molecule has 44 heavy (non-hydrogen) atoms. The van der Waals surface area contributed by atoms with Crippen LogP contribution < -0.4 is 0 Å². The molecule has 0 spiro atoms. The van der Waals surface area contributed by atoms with Crippen molar-refractivity contribution >= 4 is 29.3 Å². The number of hydrogen-bond donors (Lipinski definition) is 0. The number of carbonyl (C=O) groups excluding carboxylic acids is 3. The number of hydrogen-bond acceptors (Lipinski definition) is 5. The van der Waals surface area contributed by atoms with Crippen molar-refractivity contribution in [2.45, 2.75) is 110 Å². The number of benzene rings is 1. The second-order valence-corrected chi connectivity index (χ2v) is 15.3. The molecule has 9 heteroatoms. The van der Waals surface area contributed by atoms with Crippen LogP contribution in [0.25, 0.3) is 0 Å². The highest BCUT2D eigenvalue weighted by atomic mass is 35.5. The van der Waals surface area contributed by atoms with Crippen LogP contribution in [0.2, 0.25) is 5.02 Å². The smallest absolute Gasteiger partial charge is 0.245 e. The summed E-state index contributed by atoms with van der Waals surface area (Å²) in [5.74, 6) is 0.390. The molecule has 4 aliphatic rings. The molecular weight excluding hydrogens is 576 g/mol. The molecule has 0 bridgehead atoms. The summed E-state index contributed by atoms with van der Waals surface area (Å²) < 4.78 is 5.55. The summed E-state index contributed by atoms with van der Waals surface area (Å²) in [6.45, 7) is 16.1. The number of amides is 3. The van der Waals surface area contributed by atoms with Gasteiger partial charge in [0.25, 0.3) is 0 Å². The monoisotopic (exact) mass is 628 g/mol. The van der Waals surface area contributed by atoms with Crippen LogP contribution in [0.5, 0.6) is 0 Å². The Balaban J connectivity index is 1.48. The molecule has 244 valence electrons. The lowest BCUT2D eigenvalue weighted by Gasteiger charge is -2.41. The van der Waals surface area contributed by atoms with Gasteiger partial charge in [-0.1, -0.05) is 44.5 Å². The second kappa shape index (κ2) is 13.7. The van der Waals surface area contributed by atoms with E-state index in [9.17, 15) is 14.4 Å². The van der Waals surface area contributed by atoms with Crippen molar-refractivity contribution in [1.29, 1.82) is 0 Å². The van der Waals surface area contributed by atoms with Gasteiger partial charge >= 0.3 is 0 Å². The Morgan fingerprint density at radius 2 is 1.55 bits per heavy atom. The molecule has 0 unspecified atom stereocenters. The van der Waals surface area contributed by atoms with Crippen molar-refractivity contribution in [2.75, 3.05) is 39.4 Å². The summed E-state index contributed by atoms with van der Waals surface area (Å²) in [7, 11) is 0. The van der Waals surface area contributed by atoms with Crippen molar-refractivity contribution in [2.24, 2.45) is 17.8 Å². The van der Waals surface area contributed by atoms with Crippen LogP contribution in [-0.2, 0) is 19.1 Å². The molecule has 3 amide bonds. The van der Waals surface area contributed by atoms with E-state index in [1.54, 1.807) is 0 Å². The number of carbonyl (C=O) groups is 3.